The van der Waals surface area contributed by atoms with Gasteiger partial charge in [-0.25, -0.2) is 0 Å². The first kappa shape index (κ1) is 8.71. The van der Waals surface area contributed by atoms with Crippen LogP contribution in [0.3, 0.4) is 0 Å². The molecule has 0 heterocycles. The van der Waals surface area contributed by atoms with Gasteiger partial charge in [-0.05, 0) is 43.3 Å². The summed E-state index contributed by atoms with van der Waals surface area (Å²) in [7, 11) is 0. The molecule has 1 rings (SSSR count). The Morgan fingerprint density at radius 2 is 1.50 bits per heavy atom. The van der Waals surface area contributed by atoms with Gasteiger partial charge in [-0.3, -0.25) is 0 Å². The lowest BCUT2D eigenvalue weighted by molar-refractivity contribution is 0.497. The highest BCUT2D eigenvalue weighted by Crippen LogP contribution is 2.31. The molecule has 0 bridgehead atoms. The maximum atomic E-state index is 8.73. The second kappa shape index (κ2) is 4.49. The fourth-order valence-corrected chi connectivity index (χ4v) is 2.60. The molecular weight excluding hydrogens is 168 g/mol. The predicted molar refractivity (Wildman–Crippen MR) is 46.5 cm³/mol. The van der Waals surface area contributed by atoms with Gasteiger partial charge >= 0.3 is 0 Å². The van der Waals surface area contributed by atoms with E-state index in [1.165, 1.54) is 0 Å². The van der Waals surface area contributed by atoms with Gasteiger partial charge in [0.2, 0.25) is 0 Å². The molecule has 2 atom stereocenters. The lowest BCUT2D eigenvalue weighted by atomic mass is 10.00. The van der Waals surface area contributed by atoms with Crippen LogP contribution in [0.2, 0.25) is 0 Å². The van der Waals surface area contributed by atoms with Crippen molar-refractivity contribution in [3.8, 4) is 0 Å². The van der Waals surface area contributed by atoms with Gasteiger partial charge in [0.05, 0.1) is 0 Å². The Balaban J connectivity index is 2.25. The topological polar surface area (TPSA) is 40.5 Å². The molecule has 2 unspecified atom stereocenters. The molecule has 0 aliphatic heterocycles. The third-order valence-electron chi connectivity index (χ3n) is 1.88. The maximum absolute atomic E-state index is 8.73. The Labute approximate surface area is 69.8 Å². The van der Waals surface area contributed by atoms with Crippen molar-refractivity contribution in [3.63, 3.8) is 0 Å². The van der Waals surface area contributed by atoms with E-state index >= 15 is 0 Å². The highest BCUT2D eigenvalue weighted by molar-refractivity contribution is 7.95. The van der Waals surface area contributed by atoms with Gasteiger partial charge in [0.15, 0.2) is 0 Å². The summed E-state index contributed by atoms with van der Waals surface area (Å²) in [6.45, 7) is 0. The van der Waals surface area contributed by atoms with E-state index in [2.05, 4.69) is 0 Å². The van der Waals surface area contributed by atoms with Gasteiger partial charge in [-0.1, -0.05) is 6.42 Å². The number of rotatable bonds is 2. The summed E-state index contributed by atoms with van der Waals surface area (Å²) in [5.74, 6) is 0. The first-order valence-electron chi connectivity index (χ1n) is 3.47. The van der Waals surface area contributed by atoms with E-state index < -0.39 is 0 Å². The van der Waals surface area contributed by atoms with Crippen LogP contribution in [0, 0.1) is 0 Å². The average molecular weight is 180 g/mol. The summed E-state index contributed by atoms with van der Waals surface area (Å²) in [6, 6.07) is 0. The van der Waals surface area contributed by atoms with Crippen LogP contribution in [0.5, 0.6) is 0 Å². The molecule has 4 heteroatoms. The zero-order valence-corrected chi connectivity index (χ0v) is 7.33. The summed E-state index contributed by atoms with van der Waals surface area (Å²) in [5, 5.41) is 0.719. The number of hydrogen-bond acceptors (Lipinski definition) is 4. The van der Waals surface area contributed by atoms with Crippen LogP contribution in [-0.2, 0) is 0 Å². The standard InChI is InChI=1S/C6H12O2S2/c7-9-5-2-1-3-6(4-5)10-8/h5-8H,1-4H2. The van der Waals surface area contributed by atoms with Gasteiger partial charge in [-0.2, -0.15) is 0 Å². The van der Waals surface area contributed by atoms with Gasteiger partial charge < -0.3 is 9.11 Å². The van der Waals surface area contributed by atoms with Crippen LogP contribution in [0.25, 0.3) is 0 Å². The minimum absolute atomic E-state index is 0.360. The Hall–Kier alpha value is 0.620. The average Bonchev–Trinajstić information content (AvgIpc) is 2.05. The Bertz CT molecular complexity index is 89.7. The van der Waals surface area contributed by atoms with Gasteiger partial charge in [-0.15, -0.1) is 0 Å². The third kappa shape index (κ3) is 2.34. The molecule has 0 radical (unpaired) electrons. The summed E-state index contributed by atoms with van der Waals surface area (Å²) in [4.78, 5) is 0. The van der Waals surface area contributed by atoms with Crippen LogP contribution in [0.4, 0.5) is 0 Å². The normalized spacial score (nSPS) is 34.2. The quantitative estimate of drug-likeness (QED) is 0.641. The van der Waals surface area contributed by atoms with Crippen LogP contribution in [-0.4, -0.2) is 19.6 Å². The molecule has 0 amide bonds. The summed E-state index contributed by atoms with van der Waals surface area (Å²) < 4.78 is 17.5. The molecule has 0 aromatic carbocycles. The molecule has 1 saturated carbocycles. The van der Waals surface area contributed by atoms with Crippen molar-refractivity contribution in [3.05, 3.63) is 0 Å². The van der Waals surface area contributed by atoms with E-state index in [-0.39, 0.29) is 0 Å². The summed E-state index contributed by atoms with van der Waals surface area (Å²) in [5.41, 5.74) is 0. The van der Waals surface area contributed by atoms with Crippen molar-refractivity contribution in [2.45, 2.75) is 36.2 Å². The smallest absolute Gasteiger partial charge is 0.0320 e. The highest BCUT2D eigenvalue weighted by atomic mass is 32.2. The third-order valence-corrected chi connectivity index (χ3v) is 3.33. The zero-order chi connectivity index (χ0) is 7.40. The zero-order valence-electron chi connectivity index (χ0n) is 5.69. The van der Waals surface area contributed by atoms with Crippen molar-refractivity contribution in [2.75, 3.05) is 0 Å². The maximum Gasteiger partial charge on any atom is 0.0320 e. The monoisotopic (exact) mass is 180 g/mol. The minimum Gasteiger partial charge on any atom is -0.330 e. The Morgan fingerprint density at radius 3 is 1.90 bits per heavy atom. The molecule has 10 heavy (non-hydrogen) atoms. The SMILES string of the molecule is OSC1CCCC(SO)C1. The first-order valence-corrected chi connectivity index (χ1v) is 5.14. The van der Waals surface area contributed by atoms with E-state index in [1.54, 1.807) is 0 Å². The van der Waals surface area contributed by atoms with Crippen molar-refractivity contribution < 1.29 is 9.11 Å². The van der Waals surface area contributed by atoms with Gasteiger partial charge in [0, 0.05) is 10.5 Å². The molecule has 1 aliphatic rings. The van der Waals surface area contributed by atoms with Crippen LogP contribution < -0.4 is 0 Å². The second-order valence-corrected chi connectivity index (χ2v) is 4.38. The molecule has 1 aliphatic carbocycles. The van der Waals surface area contributed by atoms with Crippen LogP contribution >= 0.6 is 24.1 Å². The first-order chi connectivity index (χ1) is 4.86. The van der Waals surface area contributed by atoms with E-state index in [0.29, 0.717) is 10.5 Å². The Morgan fingerprint density at radius 1 is 1.00 bits per heavy atom. The molecule has 0 saturated heterocycles. The van der Waals surface area contributed by atoms with E-state index in [4.69, 9.17) is 9.11 Å². The van der Waals surface area contributed by atoms with Crippen LogP contribution in [0.15, 0.2) is 0 Å². The van der Waals surface area contributed by atoms with Crippen molar-refractivity contribution >= 4 is 24.1 Å². The predicted octanol–water partition coefficient (Wildman–Crippen LogP) is 2.71. The van der Waals surface area contributed by atoms with E-state index in [0.717, 1.165) is 49.8 Å². The molecule has 2 N–H and O–H groups in total. The minimum atomic E-state index is 0.360. The van der Waals surface area contributed by atoms with E-state index in [9.17, 15) is 0 Å². The molecular formula is C6H12O2S2. The lowest BCUT2D eigenvalue weighted by Crippen LogP contribution is -2.18. The highest BCUT2D eigenvalue weighted by Gasteiger charge is 2.21. The molecule has 60 valence electrons. The second-order valence-electron chi connectivity index (χ2n) is 2.62. The van der Waals surface area contributed by atoms with Crippen molar-refractivity contribution in [1.29, 1.82) is 0 Å². The summed E-state index contributed by atoms with van der Waals surface area (Å²) in [6.07, 6.45) is 4.27. The molecule has 2 nitrogen and oxygen atoms in total. The molecule has 0 aromatic heterocycles. The largest absolute Gasteiger partial charge is 0.330 e. The van der Waals surface area contributed by atoms with Crippen LogP contribution in [0.1, 0.15) is 25.7 Å². The fraction of sp³-hybridized carbons (Fsp3) is 1.00. The molecule has 1 fully saturated rings. The number of hydrogen-bond donors (Lipinski definition) is 2. The molecule has 0 spiro atoms. The van der Waals surface area contributed by atoms with Gasteiger partial charge in [0.1, 0.15) is 0 Å². The van der Waals surface area contributed by atoms with Crippen molar-refractivity contribution in [2.24, 2.45) is 0 Å². The van der Waals surface area contributed by atoms with Gasteiger partial charge in [0.25, 0.3) is 0 Å². The molecule has 0 aromatic rings. The van der Waals surface area contributed by atoms with Crippen molar-refractivity contribution in [1.82, 2.24) is 0 Å². The Kier molecular flexibility index (Phi) is 3.91. The fourth-order valence-electron chi connectivity index (χ4n) is 1.29. The van der Waals surface area contributed by atoms with E-state index in [1.807, 2.05) is 0 Å². The summed E-state index contributed by atoms with van der Waals surface area (Å²) >= 11 is 1.88. The lowest BCUT2D eigenvalue weighted by Gasteiger charge is -2.24.